The average molecular weight is 299 g/mol. The van der Waals surface area contributed by atoms with Gasteiger partial charge in [-0.3, -0.25) is 4.79 Å². The molecule has 1 amide bonds. The molecule has 7 heteroatoms. The number of carboxylic acid groups (broad SMARTS) is 1. The Kier molecular flexibility index (Phi) is 3.76. The van der Waals surface area contributed by atoms with Gasteiger partial charge in [0.1, 0.15) is 0 Å². The zero-order chi connectivity index (χ0) is 15.8. The number of alkyl halides is 3. The predicted octanol–water partition coefficient (Wildman–Crippen LogP) is 2.93. The Labute approximate surface area is 118 Å². The Morgan fingerprint density at radius 1 is 1.33 bits per heavy atom. The largest absolute Gasteiger partial charge is 0.478 e. The highest BCUT2D eigenvalue weighted by molar-refractivity contribution is 6.00. The average Bonchev–Trinajstić information content (AvgIpc) is 2.36. The Morgan fingerprint density at radius 2 is 2.00 bits per heavy atom. The number of fused-ring (bicyclic) bond motifs is 1. The van der Waals surface area contributed by atoms with Crippen molar-refractivity contribution in [3.63, 3.8) is 0 Å². The number of hydrogen-bond acceptors (Lipinski definition) is 2. The highest BCUT2D eigenvalue weighted by Crippen LogP contribution is 2.39. The van der Waals surface area contributed by atoms with E-state index in [-0.39, 0.29) is 24.6 Å². The van der Waals surface area contributed by atoms with E-state index in [1.165, 1.54) is 17.9 Å². The molecule has 1 aliphatic rings. The lowest BCUT2D eigenvalue weighted by Crippen LogP contribution is -2.33. The first kappa shape index (κ1) is 15.1. The summed E-state index contributed by atoms with van der Waals surface area (Å²) in [4.78, 5) is 23.6. The van der Waals surface area contributed by atoms with E-state index in [1.54, 1.807) is 0 Å². The number of hydrogen-bond donors (Lipinski definition) is 1. The maximum atomic E-state index is 12.8. The first-order chi connectivity index (χ1) is 9.70. The molecule has 0 unspecified atom stereocenters. The highest BCUT2D eigenvalue weighted by atomic mass is 19.4. The minimum Gasteiger partial charge on any atom is -0.478 e. The van der Waals surface area contributed by atoms with Gasteiger partial charge < -0.3 is 10.0 Å². The van der Waals surface area contributed by atoms with Gasteiger partial charge in [0.25, 0.3) is 0 Å². The molecule has 0 aliphatic carbocycles. The Bertz CT molecular complexity index is 635. The molecule has 0 radical (unpaired) electrons. The smallest absolute Gasteiger partial charge is 0.416 e. The van der Waals surface area contributed by atoms with E-state index in [0.29, 0.717) is 11.1 Å². The molecular formula is C14H12F3NO3. The third-order valence-electron chi connectivity index (χ3n) is 3.24. The van der Waals surface area contributed by atoms with Crippen molar-refractivity contribution >= 4 is 23.1 Å². The second kappa shape index (κ2) is 5.23. The van der Waals surface area contributed by atoms with Crippen molar-refractivity contribution < 1.29 is 27.9 Å². The van der Waals surface area contributed by atoms with Crippen LogP contribution in [-0.4, -0.2) is 23.5 Å². The van der Waals surface area contributed by atoms with Crippen LogP contribution in [0.4, 0.5) is 18.9 Å². The fourth-order valence-electron chi connectivity index (χ4n) is 2.32. The van der Waals surface area contributed by atoms with Crippen LogP contribution < -0.4 is 4.90 Å². The summed E-state index contributed by atoms with van der Waals surface area (Å²) < 4.78 is 38.3. The SMILES string of the molecule is CC(=O)N1CCC(=CC(=O)O)c2ccc(C(F)(F)F)cc21. The van der Waals surface area contributed by atoms with Crippen molar-refractivity contribution in [2.45, 2.75) is 19.5 Å². The standard InChI is InChI=1S/C14H12F3NO3/c1-8(19)18-5-4-9(6-13(20)21)11-3-2-10(7-12(11)18)14(15,16)17/h2-3,6-7H,4-5H2,1H3,(H,20,21). The van der Waals surface area contributed by atoms with Crippen molar-refractivity contribution in [1.29, 1.82) is 0 Å². The number of nitrogens with zero attached hydrogens (tertiary/aromatic N) is 1. The van der Waals surface area contributed by atoms with E-state index in [9.17, 15) is 22.8 Å². The molecule has 4 nitrogen and oxygen atoms in total. The summed E-state index contributed by atoms with van der Waals surface area (Å²) in [5.41, 5.74) is -0.0317. The number of anilines is 1. The van der Waals surface area contributed by atoms with E-state index in [2.05, 4.69) is 0 Å². The number of carbonyl (C=O) groups is 2. The summed E-state index contributed by atoms with van der Waals surface area (Å²) in [5, 5.41) is 8.81. The summed E-state index contributed by atoms with van der Waals surface area (Å²) in [6, 6.07) is 2.98. The molecule has 0 spiro atoms. The molecule has 0 aromatic heterocycles. The minimum atomic E-state index is -4.52. The van der Waals surface area contributed by atoms with Gasteiger partial charge in [0.05, 0.1) is 11.3 Å². The van der Waals surface area contributed by atoms with Crippen molar-refractivity contribution in [2.24, 2.45) is 0 Å². The second-order valence-electron chi connectivity index (χ2n) is 4.66. The van der Waals surface area contributed by atoms with Crippen LogP contribution in [0.1, 0.15) is 24.5 Å². The fraction of sp³-hybridized carbons (Fsp3) is 0.286. The number of amides is 1. The van der Waals surface area contributed by atoms with Crippen LogP contribution in [0.5, 0.6) is 0 Å². The van der Waals surface area contributed by atoms with Gasteiger partial charge in [-0.2, -0.15) is 13.2 Å². The van der Waals surface area contributed by atoms with E-state index in [0.717, 1.165) is 18.2 Å². The number of carboxylic acids is 1. The zero-order valence-corrected chi connectivity index (χ0v) is 11.1. The molecule has 1 aliphatic heterocycles. The maximum absolute atomic E-state index is 12.8. The summed E-state index contributed by atoms with van der Waals surface area (Å²) in [6.45, 7) is 1.42. The molecule has 1 N–H and O–H groups in total. The Hall–Kier alpha value is -2.31. The van der Waals surface area contributed by atoms with Gasteiger partial charge in [-0.15, -0.1) is 0 Å². The molecule has 0 saturated carbocycles. The van der Waals surface area contributed by atoms with E-state index >= 15 is 0 Å². The van der Waals surface area contributed by atoms with Crippen LogP contribution in [0.3, 0.4) is 0 Å². The van der Waals surface area contributed by atoms with E-state index in [4.69, 9.17) is 5.11 Å². The topological polar surface area (TPSA) is 57.6 Å². The zero-order valence-electron chi connectivity index (χ0n) is 11.1. The molecule has 1 aromatic carbocycles. The van der Waals surface area contributed by atoms with Crippen molar-refractivity contribution in [3.8, 4) is 0 Å². The third-order valence-corrected chi connectivity index (χ3v) is 3.24. The molecule has 0 bridgehead atoms. The van der Waals surface area contributed by atoms with Crippen LogP contribution in [-0.2, 0) is 15.8 Å². The van der Waals surface area contributed by atoms with Gasteiger partial charge in [0, 0.05) is 25.1 Å². The molecular weight excluding hydrogens is 287 g/mol. The molecule has 2 rings (SSSR count). The third kappa shape index (κ3) is 3.07. The van der Waals surface area contributed by atoms with Gasteiger partial charge in [-0.05, 0) is 24.1 Å². The van der Waals surface area contributed by atoms with Gasteiger partial charge >= 0.3 is 12.1 Å². The number of carbonyl (C=O) groups excluding carboxylic acids is 1. The monoisotopic (exact) mass is 299 g/mol. The van der Waals surface area contributed by atoms with Gasteiger partial charge in [0.15, 0.2) is 0 Å². The lowest BCUT2D eigenvalue weighted by atomic mass is 9.93. The molecule has 0 fully saturated rings. The first-order valence-corrected chi connectivity index (χ1v) is 6.13. The van der Waals surface area contributed by atoms with E-state index < -0.39 is 17.7 Å². The van der Waals surface area contributed by atoms with Crippen molar-refractivity contribution in [3.05, 3.63) is 35.4 Å². The lowest BCUT2D eigenvalue weighted by Gasteiger charge is -2.30. The number of aliphatic carboxylic acids is 1. The van der Waals surface area contributed by atoms with Crippen LogP contribution in [0, 0.1) is 0 Å². The first-order valence-electron chi connectivity index (χ1n) is 6.13. The summed E-state index contributed by atoms with van der Waals surface area (Å²) >= 11 is 0. The number of halogens is 3. The quantitative estimate of drug-likeness (QED) is 0.811. The van der Waals surface area contributed by atoms with Crippen molar-refractivity contribution in [2.75, 3.05) is 11.4 Å². The fourth-order valence-corrected chi connectivity index (χ4v) is 2.32. The van der Waals surface area contributed by atoms with Gasteiger partial charge in [-0.25, -0.2) is 4.79 Å². The normalized spacial score (nSPS) is 16.8. The van der Waals surface area contributed by atoms with E-state index in [1.807, 2.05) is 0 Å². The molecule has 112 valence electrons. The predicted molar refractivity (Wildman–Crippen MR) is 69.7 cm³/mol. The second-order valence-corrected chi connectivity index (χ2v) is 4.66. The number of benzene rings is 1. The molecule has 1 aromatic rings. The summed E-state index contributed by atoms with van der Waals surface area (Å²) in [6.07, 6.45) is -3.28. The summed E-state index contributed by atoms with van der Waals surface area (Å²) in [7, 11) is 0. The maximum Gasteiger partial charge on any atom is 0.416 e. The highest BCUT2D eigenvalue weighted by Gasteiger charge is 2.33. The Balaban J connectivity index is 2.61. The van der Waals surface area contributed by atoms with Crippen LogP contribution in [0.2, 0.25) is 0 Å². The molecule has 1 heterocycles. The van der Waals surface area contributed by atoms with Crippen LogP contribution in [0.15, 0.2) is 24.3 Å². The lowest BCUT2D eigenvalue weighted by molar-refractivity contribution is -0.137. The van der Waals surface area contributed by atoms with Crippen LogP contribution >= 0.6 is 0 Å². The van der Waals surface area contributed by atoms with Gasteiger partial charge in [0.2, 0.25) is 5.91 Å². The molecule has 0 atom stereocenters. The minimum absolute atomic E-state index is 0.0936. The van der Waals surface area contributed by atoms with Crippen molar-refractivity contribution in [1.82, 2.24) is 0 Å². The molecule has 21 heavy (non-hydrogen) atoms. The van der Waals surface area contributed by atoms with Gasteiger partial charge in [-0.1, -0.05) is 6.07 Å². The Morgan fingerprint density at radius 3 is 2.52 bits per heavy atom. The molecule has 0 saturated heterocycles. The van der Waals surface area contributed by atoms with Crippen LogP contribution in [0.25, 0.3) is 5.57 Å². The number of rotatable bonds is 1. The summed E-state index contributed by atoms with van der Waals surface area (Å²) in [5.74, 6) is -1.56.